The summed E-state index contributed by atoms with van der Waals surface area (Å²) in [5.41, 5.74) is 1.24. The summed E-state index contributed by atoms with van der Waals surface area (Å²) >= 11 is 0. The molecule has 0 N–H and O–H groups in total. The number of halogens is 1. The van der Waals surface area contributed by atoms with Crippen LogP contribution in [-0.2, 0) is 5.41 Å². The number of rotatable bonds is 1. The van der Waals surface area contributed by atoms with Gasteiger partial charge in [-0.3, -0.25) is 4.68 Å². The molecule has 1 fully saturated rings. The van der Waals surface area contributed by atoms with Crippen molar-refractivity contribution in [3.8, 4) is 0 Å². The summed E-state index contributed by atoms with van der Waals surface area (Å²) in [6.45, 7) is 7.67. The molecule has 1 aromatic heterocycles. The van der Waals surface area contributed by atoms with E-state index in [0.717, 1.165) is 12.1 Å². The molecular weight excluding hydrogens is 205 g/mol. The van der Waals surface area contributed by atoms with Gasteiger partial charge in [-0.15, -0.1) is 0 Å². The summed E-state index contributed by atoms with van der Waals surface area (Å²) in [6, 6.07) is -0.124. The molecule has 0 saturated carbocycles. The average molecular weight is 225 g/mol. The third-order valence-electron chi connectivity index (χ3n) is 3.21. The van der Waals surface area contributed by atoms with Crippen molar-refractivity contribution in [1.82, 2.24) is 14.7 Å². The number of aromatic nitrogens is 2. The number of alkyl halides is 1. The molecule has 1 aromatic rings. The van der Waals surface area contributed by atoms with Gasteiger partial charge in [0, 0.05) is 19.3 Å². The van der Waals surface area contributed by atoms with E-state index in [0.29, 0.717) is 6.54 Å². The van der Waals surface area contributed by atoms with E-state index in [-0.39, 0.29) is 11.5 Å². The minimum Gasteiger partial charge on any atom is -0.301 e. The van der Waals surface area contributed by atoms with Crippen LogP contribution in [0, 0.1) is 0 Å². The van der Waals surface area contributed by atoms with Gasteiger partial charge >= 0.3 is 0 Å². The SMILES string of the molecule is CN1CC(F)C(n2cc(C(C)(C)C)cn2)C1. The molecule has 0 bridgehead atoms. The lowest BCUT2D eigenvalue weighted by molar-refractivity contribution is 0.267. The molecule has 90 valence electrons. The van der Waals surface area contributed by atoms with Crippen molar-refractivity contribution in [2.24, 2.45) is 0 Å². The van der Waals surface area contributed by atoms with Gasteiger partial charge in [0.15, 0.2) is 0 Å². The van der Waals surface area contributed by atoms with Crippen LogP contribution in [0.1, 0.15) is 32.4 Å². The first-order valence-corrected chi connectivity index (χ1v) is 5.75. The van der Waals surface area contributed by atoms with Crippen molar-refractivity contribution in [1.29, 1.82) is 0 Å². The molecular formula is C12H20FN3. The van der Waals surface area contributed by atoms with Gasteiger partial charge in [-0.2, -0.15) is 5.10 Å². The summed E-state index contributed by atoms with van der Waals surface area (Å²) < 4.78 is 15.5. The molecule has 2 unspecified atom stereocenters. The highest BCUT2D eigenvalue weighted by Gasteiger charge is 2.33. The van der Waals surface area contributed by atoms with Crippen LogP contribution >= 0.6 is 0 Å². The first kappa shape index (κ1) is 11.6. The largest absolute Gasteiger partial charge is 0.301 e. The Hall–Kier alpha value is -0.900. The molecule has 0 amide bonds. The van der Waals surface area contributed by atoms with Gasteiger partial charge in [-0.05, 0) is 18.0 Å². The van der Waals surface area contributed by atoms with Crippen LogP contribution in [0.4, 0.5) is 4.39 Å². The average Bonchev–Trinajstić information content (AvgIpc) is 2.70. The zero-order chi connectivity index (χ0) is 11.9. The minimum absolute atomic E-state index is 0.0779. The maximum Gasteiger partial charge on any atom is 0.136 e. The van der Waals surface area contributed by atoms with E-state index in [9.17, 15) is 4.39 Å². The second kappa shape index (κ2) is 3.84. The van der Waals surface area contributed by atoms with Crippen molar-refractivity contribution in [2.75, 3.05) is 20.1 Å². The summed E-state index contributed by atoms with van der Waals surface area (Å²) in [6.07, 6.45) is 3.03. The highest BCUT2D eigenvalue weighted by molar-refractivity contribution is 5.16. The van der Waals surface area contributed by atoms with Crippen LogP contribution in [0.5, 0.6) is 0 Å². The zero-order valence-corrected chi connectivity index (χ0v) is 10.4. The highest BCUT2D eigenvalue weighted by Crippen LogP contribution is 2.26. The lowest BCUT2D eigenvalue weighted by Gasteiger charge is -2.16. The molecule has 0 aromatic carbocycles. The molecule has 3 nitrogen and oxygen atoms in total. The van der Waals surface area contributed by atoms with E-state index < -0.39 is 6.17 Å². The first-order chi connectivity index (χ1) is 7.38. The fourth-order valence-electron chi connectivity index (χ4n) is 2.08. The van der Waals surface area contributed by atoms with Crippen LogP contribution in [0.2, 0.25) is 0 Å². The molecule has 1 aliphatic heterocycles. The molecule has 0 spiro atoms. The molecule has 4 heteroatoms. The van der Waals surface area contributed by atoms with Gasteiger partial charge < -0.3 is 4.90 Å². The quantitative estimate of drug-likeness (QED) is 0.729. The van der Waals surface area contributed by atoms with E-state index in [2.05, 4.69) is 25.9 Å². The fraction of sp³-hybridized carbons (Fsp3) is 0.750. The Balaban J connectivity index is 2.19. The smallest absolute Gasteiger partial charge is 0.136 e. The molecule has 1 aliphatic rings. The van der Waals surface area contributed by atoms with E-state index in [4.69, 9.17) is 0 Å². The topological polar surface area (TPSA) is 21.1 Å². The molecule has 1 saturated heterocycles. The van der Waals surface area contributed by atoms with Crippen molar-refractivity contribution < 1.29 is 4.39 Å². The van der Waals surface area contributed by atoms with Crippen LogP contribution in [0.15, 0.2) is 12.4 Å². The number of hydrogen-bond acceptors (Lipinski definition) is 2. The maximum absolute atomic E-state index is 13.7. The van der Waals surface area contributed by atoms with Gasteiger partial charge in [-0.1, -0.05) is 20.8 Å². The van der Waals surface area contributed by atoms with E-state index in [1.165, 1.54) is 0 Å². The normalized spacial score (nSPS) is 27.6. The van der Waals surface area contributed by atoms with Gasteiger partial charge in [0.05, 0.1) is 12.2 Å². The fourth-order valence-corrected chi connectivity index (χ4v) is 2.08. The Morgan fingerprint density at radius 3 is 2.50 bits per heavy atom. The summed E-state index contributed by atoms with van der Waals surface area (Å²) in [5.74, 6) is 0. The lowest BCUT2D eigenvalue weighted by atomic mass is 9.90. The molecule has 0 radical (unpaired) electrons. The maximum atomic E-state index is 13.7. The standard InChI is InChI=1S/C12H20FN3/c1-12(2,3)9-5-14-16(6-9)11-8-15(4)7-10(11)13/h5-6,10-11H,7-8H2,1-4H3. The molecule has 2 atom stereocenters. The zero-order valence-electron chi connectivity index (χ0n) is 10.4. The van der Waals surface area contributed by atoms with Crippen LogP contribution in [0.3, 0.4) is 0 Å². The van der Waals surface area contributed by atoms with E-state index >= 15 is 0 Å². The Morgan fingerprint density at radius 1 is 1.38 bits per heavy atom. The number of nitrogens with zero attached hydrogens (tertiary/aromatic N) is 3. The number of likely N-dealkylation sites (tertiary alicyclic amines) is 1. The third-order valence-corrected chi connectivity index (χ3v) is 3.21. The van der Waals surface area contributed by atoms with Gasteiger partial charge in [0.25, 0.3) is 0 Å². The molecule has 16 heavy (non-hydrogen) atoms. The first-order valence-electron chi connectivity index (χ1n) is 5.75. The predicted octanol–water partition coefficient (Wildman–Crippen LogP) is 2.01. The van der Waals surface area contributed by atoms with Crippen LogP contribution in [-0.4, -0.2) is 41.0 Å². The summed E-state index contributed by atoms with van der Waals surface area (Å²) in [7, 11) is 1.95. The second-order valence-corrected chi connectivity index (χ2v) is 5.76. The number of hydrogen-bond donors (Lipinski definition) is 0. The van der Waals surface area contributed by atoms with Crippen LogP contribution in [0.25, 0.3) is 0 Å². The number of likely N-dealkylation sites (N-methyl/N-ethyl adjacent to an activating group) is 1. The van der Waals surface area contributed by atoms with Crippen molar-refractivity contribution in [3.05, 3.63) is 18.0 Å². The Kier molecular flexibility index (Phi) is 2.78. The van der Waals surface area contributed by atoms with Gasteiger partial charge in [-0.25, -0.2) is 4.39 Å². The molecule has 2 heterocycles. The van der Waals surface area contributed by atoms with Crippen molar-refractivity contribution in [3.63, 3.8) is 0 Å². The molecule has 0 aliphatic carbocycles. The lowest BCUT2D eigenvalue weighted by Crippen LogP contribution is -2.19. The Morgan fingerprint density at radius 2 is 2.06 bits per heavy atom. The van der Waals surface area contributed by atoms with Crippen molar-refractivity contribution in [2.45, 2.75) is 38.4 Å². The van der Waals surface area contributed by atoms with Crippen LogP contribution < -0.4 is 0 Å². The van der Waals surface area contributed by atoms with E-state index in [1.807, 2.05) is 24.3 Å². The highest BCUT2D eigenvalue weighted by atomic mass is 19.1. The third kappa shape index (κ3) is 2.12. The minimum atomic E-state index is -0.808. The second-order valence-electron chi connectivity index (χ2n) is 5.76. The summed E-state index contributed by atoms with van der Waals surface area (Å²) in [5, 5.41) is 4.30. The van der Waals surface area contributed by atoms with E-state index in [1.54, 1.807) is 4.68 Å². The van der Waals surface area contributed by atoms with Crippen molar-refractivity contribution >= 4 is 0 Å². The Bertz CT molecular complexity index is 367. The van der Waals surface area contributed by atoms with Gasteiger partial charge in [0.1, 0.15) is 6.17 Å². The van der Waals surface area contributed by atoms with Gasteiger partial charge in [0.2, 0.25) is 0 Å². The predicted molar refractivity (Wildman–Crippen MR) is 62.4 cm³/mol. The summed E-state index contributed by atoms with van der Waals surface area (Å²) in [4.78, 5) is 2.01. The monoisotopic (exact) mass is 225 g/mol. The molecule has 2 rings (SSSR count). The Labute approximate surface area is 96.2 Å².